The molecule has 25 heavy (non-hydrogen) atoms. The highest BCUT2D eigenvalue weighted by Crippen LogP contribution is 2.22. The Morgan fingerprint density at radius 1 is 0.880 bits per heavy atom. The Kier molecular flexibility index (Phi) is 6.04. The molecule has 0 fully saturated rings. The molecule has 0 radical (unpaired) electrons. The summed E-state index contributed by atoms with van der Waals surface area (Å²) in [5.41, 5.74) is 3.00. The molecule has 0 aliphatic rings. The van der Waals surface area contributed by atoms with Gasteiger partial charge in [0.25, 0.3) is 0 Å². The zero-order chi connectivity index (χ0) is 17.5. The van der Waals surface area contributed by atoms with Crippen molar-refractivity contribution in [2.45, 2.75) is 13.2 Å². The molecule has 1 N–H and O–H groups in total. The molecule has 0 aromatic heterocycles. The van der Waals surface area contributed by atoms with E-state index in [1.54, 1.807) is 0 Å². The van der Waals surface area contributed by atoms with E-state index in [4.69, 9.17) is 28.6 Å². The summed E-state index contributed by atoms with van der Waals surface area (Å²) in [6, 6.07) is 25.6. The number of hydrogen-bond acceptors (Lipinski definition) is 2. The van der Waals surface area contributed by atoms with Gasteiger partial charge in [-0.3, -0.25) is 0 Å². The van der Waals surface area contributed by atoms with Gasteiger partial charge in [-0.1, -0.05) is 84.5 Å². The van der Waals surface area contributed by atoms with E-state index in [1.807, 2.05) is 66.7 Å². The molecular formula is C21H18ClNOS. The van der Waals surface area contributed by atoms with Gasteiger partial charge in [-0.05, 0) is 23.8 Å². The van der Waals surface area contributed by atoms with Crippen LogP contribution in [0.2, 0.25) is 5.02 Å². The molecule has 126 valence electrons. The molecule has 0 bridgehead atoms. The maximum absolute atomic E-state index is 6.19. The third-order valence-electron chi connectivity index (χ3n) is 3.77. The van der Waals surface area contributed by atoms with Crippen LogP contribution in [-0.4, -0.2) is 4.99 Å². The summed E-state index contributed by atoms with van der Waals surface area (Å²) in [5.74, 6) is 0.744. The Morgan fingerprint density at radius 2 is 1.56 bits per heavy atom. The molecule has 0 aliphatic heterocycles. The fourth-order valence-electron chi connectivity index (χ4n) is 2.42. The molecule has 0 aliphatic carbocycles. The number of thiocarbonyl (C=S) groups is 1. The molecule has 3 aromatic carbocycles. The van der Waals surface area contributed by atoms with E-state index in [0.717, 1.165) is 16.9 Å². The van der Waals surface area contributed by atoms with Crippen molar-refractivity contribution in [3.05, 3.63) is 101 Å². The van der Waals surface area contributed by atoms with Gasteiger partial charge in [0.1, 0.15) is 17.3 Å². The SMILES string of the molecule is S=C(NCc1ccccc1)c1ccccc1OCc1ccccc1Cl. The van der Waals surface area contributed by atoms with E-state index in [9.17, 15) is 0 Å². The summed E-state index contributed by atoms with van der Waals surface area (Å²) >= 11 is 11.7. The van der Waals surface area contributed by atoms with E-state index in [1.165, 1.54) is 5.56 Å². The Hall–Kier alpha value is -2.36. The van der Waals surface area contributed by atoms with Gasteiger partial charge in [0, 0.05) is 17.1 Å². The predicted molar refractivity (Wildman–Crippen MR) is 107 cm³/mol. The van der Waals surface area contributed by atoms with Crippen molar-refractivity contribution in [3.63, 3.8) is 0 Å². The zero-order valence-corrected chi connectivity index (χ0v) is 15.2. The van der Waals surface area contributed by atoms with Gasteiger partial charge in [0.05, 0.1) is 5.56 Å². The van der Waals surface area contributed by atoms with Gasteiger partial charge >= 0.3 is 0 Å². The summed E-state index contributed by atoms with van der Waals surface area (Å²) in [6.45, 7) is 1.08. The maximum Gasteiger partial charge on any atom is 0.129 e. The second-order valence-electron chi connectivity index (χ2n) is 5.54. The molecule has 0 saturated carbocycles. The first-order valence-electron chi connectivity index (χ1n) is 8.01. The molecule has 4 heteroatoms. The lowest BCUT2D eigenvalue weighted by Gasteiger charge is -2.14. The van der Waals surface area contributed by atoms with Gasteiger partial charge in [-0.15, -0.1) is 0 Å². The summed E-state index contributed by atoms with van der Waals surface area (Å²) in [7, 11) is 0. The number of nitrogens with one attached hydrogen (secondary N) is 1. The smallest absolute Gasteiger partial charge is 0.129 e. The summed E-state index contributed by atoms with van der Waals surface area (Å²) < 4.78 is 5.97. The van der Waals surface area contributed by atoms with E-state index < -0.39 is 0 Å². The third kappa shape index (κ3) is 4.81. The highest BCUT2D eigenvalue weighted by Gasteiger charge is 2.09. The predicted octanol–water partition coefficient (Wildman–Crippen LogP) is 5.38. The first kappa shape index (κ1) is 17.5. The fourth-order valence-corrected chi connectivity index (χ4v) is 2.86. The lowest BCUT2D eigenvalue weighted by molar-refractivity contribution is 0.305. The first-order valence-corrected chi connectivity index (χ1v) is 8.80. The number of rotatable bonds is 6. The molecule has 0 heterocycles. The van der Waals surface area contributed by atoms with Gasteiger partial charge in [-0.2, -0.15) is 0 Å². The van der Waals surface area contributed by atoms with E-state index in [0.29, 0.717) is 23.2 Å². The van der Waals surface area contributed by atoms with Crippen LogP contribution in [0.15, 0.2) is 78.9 Å². The van der Waals surface area contributed by atoms with Crippen LogP contribution in [0.5, 0.6) is 5.75 Å². The van der Waals surface area contributed by atoms with Crippen LogP contribution in [0, 0.1) is 0 Å². The Bertz CT molecular complexity index is 851. The number of para-hydroxylation sites is 1. The minimum Gasteiger partial charge on any atom is -0.488 e. The van der Waals surface area contributed by atoms with Crippen LogP contribution >= 0.6 is 23.8 Å². The number of halogens is 1. The molecule has 2 nitrogen and oxygen atoms in total. The van der Waals surface area contributed by atoms with Crippen molar-refractivity contribution in [1.82, 2.24) is 5.32 Å². The molecular weight excluding hydrogens is 350 g/mol. The monoisotopic (exact) mass is 367 g/mol. The molecule has 0 unspecified atom stereocenters. The standard InChI is InChI=1S/C21H18ClNOS/c22-19-12-6-4-10-17(19)15-24-20-13-7-5-11-18(20)21(25)23-14-16-8-2-1-3-9-16/h1-13H,14-15H2,(H,23,25). The van der Waals surface area contributed by atoms with Crippen LogP contribution in [0.4, 0.5) is 0 Å². The highest BCUT2D eigenvalue weighted by atomic mass is 35.5. The first-order chi connectivity index (χ1) is 12.2. The summed E-state index contributed by atoms with van der Waals surface area (Å²) in [4.78, 5) is 0.665. The largest absolute Gasteiger partial charge is 0.488 e. The number of hydrogen-bond donors (Lipinski definition) is 1. The Morgan fingerprint density at radius 3 is 2.36 bits per heavy atom. The minimum atomic E-state index is 0.401. The topological polar surface area (TPSA) is 21.3 Å². The molecule has 0 spiro atoms. The van der Waals surface area contributed by atoms with Crippen molar-refractivity contribution >= 4 is 28.8 Å². The molecule has 0 saturated heterocycles. The Balaban J connectivity index is 1.68. The van der Waals surface area contributed by atoms with Crippen molar-refractivity contribution in [3.8, 4) is 5.75 Å². The lowest BCUT2D eigenvalue weighted by Crippen LogP contribution is -2.22. The average Bonchev–Trinajstić information content (AvgIpc) is 2.66. The van der Waals surface area contributed by atoms with Crippen LogP contribution in [0.25, 0.3) is 0 Å². The van der Waals surface area contributed by atoms with Crippen LogP contribution < -0.4 is 10.1 Å². The molecule has 0 atom stereocenters. The average molecular weight is 368 g/mol. The zero-order valence-electron chi connectivity index (χ0n) is 13.6. The molecule has 0 amide bonds. The normalized spacial score (nSPS) is 10.3. The minimum absolute atomic E-state index is 0.401. The van der Waals surface area contributed by atoms with Crippen LogP contribution in [0.3, 0.4) is 0 Å². The van der Waals surface area contributed by atoms with Gasteiger partial charge in [0.2, 0.25) is 0 Å². The second-order valence-corrected chi connectivity index (χ2v) is 6.36. The van der Waals surface area contributed by atoms with Crippen molar-refractivity contribution < 1.29 is 4.74 Å². The summed E-state index contributed by atoms with van der Waals surface area (Å²) in [5, 5.41) is 3.99. The fraction of sp³-hybridized carbons (Fsp3) is 0.0952. The van der Waals surface area contributed by atoms with E-state index >= 15 is 0 Å². The number of ether oxygens (including phenoxy) is 1. The summed E-state index contributed by atoms with van der Waals surface area (Å²) in [6.07, 6.45) is 0. The second kappa shape index (κ2) is 8.65. The Labute approximate surface area is 158 Å². The quantitative estimate of drug-likeness (QED) is 0.590. The third-order valence-corrected chi connectivity index (χ3v) is 4.50. The molecule has 3 rings (SSSR count). The van der Waals surface area contributed by atoms with E-state index in [-0.39, 0.29) is 0 Å². The van der Waals surface area contributed by atoms with Crippen molar-refractivity contribution in [2.24, 2.45) is 0 Å². The van der Waals surface area contributed by atoms with Gasteiger partial charge < -0.3 is 10.1 Å². The van der Waals surface area contributed by atoms with Gasteiger partial charge in [0.15, 0.2) is 0 Å². The van der Waals surface area contributed by atoms with Gasteiger partial charge in [-0.25, -0.2) is 0 Å². The maximum atomic E-state index is 6.19. The lowest BCUT2D eigenvalue weighted by atomic mass is 10.1. The highest BCUT2D eigenvalue weighted by molar-refractivity contribution is 7.80. The van der Waals surface area contributed by atoms with Crippen LogP contribution in [0.1, 0.15) is 16.7 Å². The van der Waals surface area contributed by atoms with Crippen molar-refractivity contribution in [1.29, 1.82) is 0 Å². The molecule has 3 aromatic rings. The number of benzene rings is 3. The van der Waals surface area contributed by atoms with Crippen LogP contribution in [-0.2, 0) is 13.2 Å². The van der Waals surface area contributed by atoms with Crippen molar-refractivity contribution in [2.75, 3.05) is 0 Å². The van der Waals surface area contributed by atoms with E-state index in [2.05, 4.69) is 17.4 Å².